The first-order chi connectivity index (χ1) is 7.63. The van der Waals surface area contributed by atoms with Crippen LogP contribution in [0, 0.1) is 3.57 Å². The van der Waals surface area contributed by atoms with Gasteiger partial charge in [0, 0.05) is 16.2 Å². The molecule has 0 saturated carbocycles. The fourth-order valence-corrected chi connectivity index (χ4v) is 1.73. The van der Waals surface area contributed by atoms with Gasteiger partial charge in [-0.15, -0.1) is 0 Å². The molecule has 0 aliphatic heterocycles. The number of halogens is 1. The van der Waals surface area contributed by atoms with Crippen LogP contribution in [0.4, 0.5) is 10.5 Å². The molecule has 0 fully saturated rings. The minimum atomic E-state index is -0.245. The Hall–Kier alpha value is -0.820. The van der Waals surface area contributed by atoms with Gasteiger partial charge < -0.3 is 15.7 Å². The number of para-hydroxylation sites is 1. The second-order valence-electron chi connectivity index (χ2n) is 3.49. The number of aliphatic hydroxyl groups excluding tert-OH is 1. The van der Waals surface area contributed by atoms with Crippen LogP contribution in [-0.2, 0) is 0 Å². The fraction of sp³-hybridized carbons (Fsp3) is 0.364. The van der Waals surface area contributed by atoms with Crippen molar-refractivity contribution in [3.8, 4) is 0 Å². The minimum absolute atomic E-state index is 0.0358. The predicted molar refractivity (Wildman–Crippen MR) is 72.5 cm³/mol. The van der Waals surface area contributed by atoms with Crippen LogP contribution in [0.2, 0.25) is 0 Å². The lowest BCUT2D eigenvalue weighted by Gasteiger charge is -2.13. The molecule has 0 spiro atoms. The molecule has 0 aliphatic rings. The van der Waals surface area contributed by atoms with Crippen molar-refractivity contribution in [3.05, 3.63) is 27.8 Å². The van der Waals surface area contributed by atoms with Gasteiger partial charge in [0.2, 0.25) is 0 Å². The second-order valence-corrected chi connectivity index (χ2v) is 4.65. The summed E-state index contributed by atoms with van der Waals surface area (Å²) >= 11 is 2.16. The third kappa shape index (κ3) is 4.36. The molecule has 0 unspecified atom stereocenters. The SMILES string of the molecule is C[C@H](CCO)NC(=O)Nc1ccccc1I. The number of anilines is 1. The van der Waals surface area contributed by atoms with Crippen molar-refractivity contribution in [1.29, 1.82) is 0 Å². The van der Waals surface area contributed by atoms with E-state index < -0.39 is 0 Å². The summed E-state index contributed by atoms with van der Waals surface area (Å²) in [5.41, 5.74) is 0.789. The van der Waals surface area contributed by atoms with Crippen LogP contribution in [0.3, 0.4) is 0 Å². The van der Waals surface area contributed by atoms with Crippen molar-refractivity contribution in [1.82, 2.24) is 5.32 Å². The number of rotatable bonds is 4. The Morgan fingerprint density at radius 1 is 1.50 bits per heavy atom. The molecule has 5 heteroatoms. The highest BCUT2D eigenvalue weighted by atomic mass is 127. The molecule has 1 aromatic rings. The van der Waals surface area contributed by atoms with Crippen molar-refractivity contribution in [2.24, 2.45) is 0 Å². The summed E-state index contributed by atoms with van der Waals surface area (Å²) in [5, 5.41) is 14.2. The van der Waals surface area contributed by atoms with Crippen molar-refractivity contribution in [2.45, 2.75) is 19.4 Å². The van der Waals surface area contributed by atoms with Crippen molar-refractivity contribution in [2.75, 3.05) is 11.9 Å². The lowest BCUT2D eigenvalue weighted by molar-refractivity contribution is 0.241. The average molecular weight is 334 g/mol. The maximum absolute atomic E-state index is 11.5. The van der Waals surface area contributed by atoms with Crippen molar-refractivity contribution >= 4 is 34.3 Å². The average Bonchev–Trinajstić information content (AvgIpc) is 2.21. The number of hydrogen-bond donors (Lipinski definition) is 3. The van der Waals surface area contributed by atoms with E-state index in [-0.39, 0.29) is 18.7 Å². The van der Waals surface area contributed by atoms with Crippen LogP contribution >= 0.6 is 22.6 Å². The largest absolute Gasteiger partial charge is 0.396 e. The molecule has 1 aromatic carbocycles. The third-order valence-electron chi connectivity index (χ3n) is 2.06. The second kappa shape index (κ2) is 6.70. The normalized spacial score (nSPS) is 11.9. The Morgan fingerprint density at radius 2 is 2.19 bits per heavy atom. The first-order valence-electron chi connectivity index (χ1n) is 5.06. The lowest BCUT2D eigenvalue weighted by atomic mass is 10.2. The molecule has 0 aliphatic carbocycles. The summed E-state index contributed by atoms with van der Waals surface area (Å²) in [6, 6.07) is 7.27. The zero-order valence-electron chi connectivity index (χ0n) is 9.03. The molecule has 0 bridgehead atoms. The Kier molecular flexibility index (Phi) is 5.54. The summed E-state index contributed by atoms with van der Waals surface area (Å²) in [7, 11) is 0. The molecule has 3 N–H and O–H groups in total. The quantitative estimate of drug-likeness (QED) is 0.739. The van der Waals surface area contributed by atoms with Crippen molar-refractivity contribution < 1.29 is 9.90 Å². The number of amides is 2. The van der Waals surface area contributed by atoms with Crippen LogP contribution < -0.4 is 10.6 Å². The molecular weight excluding hydrogens is 319 g/mol. The van der Waals surface area contributed by atoms with Crippen LogP contribution in [0.25, 0.3) is 0 Å². The Bertz CT molecular complexity index is 358. The first-order valence-corrected chi connectivity index (χ1v) is 6.14. The Labute approximate surface area is 109 Å². The number of urea groups is 1. The zero-order chi connectivity index (χ0) is 12.0. The molecule has 0 saturated heterocycles. The lowest BCUT2D eigenvalue weighted by Crippen LogP contribution is -2.36. The van der Waals surface area contributed by atoms with Gasteiger partial charge in [-0.3, -0.25) is 0 Å². The van der Waals surface area contributed by atoms with Gasteiger partial charge in [-0.2, -0.15) is 0 Å². The van der Waals surface area contributed by atoms with E-state index in [4.69, 9.17) is 5.11 Å². The summed E-state index contributed by atoms with van der Waals surface area (Å²) in [6.45, 7) is 1.93. The number of nitrogens with one attached hydrogen (secondary N) is 2. The summed E-state index contributed by atoms with van der Waals surface area (Å²) < 4.78 is 0.991. The minimum Gasteiger partial charge on any atom is -0.396 e. The summed E-state index contributed by atoms with van der Waals surface area (Å²) in [6.07, 6.45) is 0.555. The fourth-order valence-electron chi connectivity index (χ4n) is 1.21. The van der Waals surface area contributed by atoms with Gasteiger partial charge in [-0.05, 0) is 48.1 Å². The highest BCUT2D eigenvalue weighted by Crippen LogP contribution is 2.16. The van der Waals surface area contributed by atoms with E-state index >= 15 is 0 Å². The summed E-state index contributed by atoms with van der Waals surface area (Å²) in [5.74, 6) is 0. The highest BCUT2D eigenvalue weighted by Gasteiger charge is 2.07. The van der Waals surface area contributed by atoms with E-state index in [1.807, 2.05) is 31.2 Å². The van der Waals surface area contributed by atoms with Gasteiger partial charge in [0.25, 0.3) is 0 Å². The molecule has 88 valence electrons. The molecule has 2 amide bonds. The van der Waals surface area contributed by atoms with Gasteiger partial charge >= 0.3 is 6.03 Å². The first kappa shape index (κ1) is 13.2. The number of hydrogen-bond acceptors (Lipinski definition) is 2. The van der Waals surface area contributed by atoms with Gasteiger partial charge in [0.1, 0.15) is 0 Å². The Balaban J connectivity index is 2.49. The van der Waals surface area contributed by atoms with Gasteiger partial charge in [0.05, 0.1) is 5.69 Å². The maximum atomic E-state index is 11.5. The molecule has 0 aromatic heterocycles. The van der Waals surface area contributed by atoms with Crippen LogP contribution in [0.1, 0.15) is 13.3 Å². The molecule has 1 rings (SSSR count). The molecule has 16 heavy (non-hydrogen) atoms. The number of aliphatic hydroxyl groups is 1. The topological polar surface area (TPSA) is 61.4 Å². The van der Waals surface area contributed by atoms with E-state index in [1.54, 1.807) is 0 Å². The zero-order valence-corrected chi connectivity index (χ0v) is 11.2. The molecule has 4 nitrogen and oxygen atoms in total. The standard InChI is InChI=1S/C11H15IN2O2/c1-8(6-7-15)13-11(16)14-10-5-3-2-4-9(10)12/h2-5,8,15H,6-7H2,1H3,(H2,13,14,16)/t8-/m1/s1. The van der Waals surface area contributed by atoms with E-state index in [0.29, 0.717) is 6.42 Å². The van der Waals surface area contributed by atoms with Crippen molar-refractivity contribution in [3.63, 3.8) is 0 Å². The third-order valence-corrected chi connectivity index (χ3v) is 3.00. The van der Waals surface area contributed by atoms with Crippen LogP contribution in [0.5, 0.6) is 0 Å². The molecule has 0 radical (unpaired) electrons. The summed E-state index contributed by atoms with van der Waals surface area (Å²) in [4.78, 5) is 11.5. The van der Waals surface area contributed by atoms with E-state index in [9.17, 15) is 4.79 Å². The van der Waals surface area contributed by atoms with Crippen LogP contribution in [0.15, 0.2) is 24.3 Å². The predicted octanol–water partition coefficient (Wildman–Crippen LogP) is 2.18. The van der Waals surface area contributed by atoms with E-state index in [0.717, 1.165) is 9.26 Å². The van der Waals surface area contributed by atoms with E-state index in [2.05, 4.69) is 33.2 Å². The molecule has 1 atom stereocenters. The van der Waals surface area contributed by atoms with E-state index in [1.165, 1.54) is 0 Å². The number of benzene rings is 1. The number of carbonyl (C=O) groups is 1. The monoisotopic (exact) mass is 334 g/mol. The maximum Gasteiger partial charge on any atom is 0.319 e. The molecule has 0 heterocycles. The molecular formula is C11H15IN2O2. The Morgan fingerprint density at radius 3 is 2.81 bits per heavy atom. The van der Waals surface area contributed by atoms with Crippen LogP contribution in [-0.4, -0.2) is 23.8 Å². The van der Waals surface area contributed by atoms with Gasteiger partial charge in [-0.1, -0.05) is 12.1 Å². The highest BCUT2D eigenvalue weighted by molar-refractivity contribution is 14.1. The number of carbonyl (C=O) groups excluding carboxylic acids is 1. The smallest absolute Gasteiger partial charge is 0.319 e. The van der Waals surface area contributed by atoms with Gasteiger partial charge in [-0.25, -0.2) is 4.79 Å². The van der Waals surface area contributed by atoms with Gasteiger partial charge in [0.15, 0.2) is 0 Å².